The van der Waals surface area contributed by atoms with Crippen molar-refractivity contribution in [2.75, 3.05) is 92.6 Å². The molecule has 0 unspecified atom stereocenters. The Morgan fingerprint density at radius 2 is 0.448 bits per heavy atom. The summed E-state index contributed by atoms with van der Waals surface area (Å²) in [6, 6.07) is 132. The molecule has 14 aromatic carbocycles. The zero-order chi connectivity index (χ0) is 99.5. The maximum absolute atomic E-state index is 12.3. The Bertz CT molecular complexity index is 7050. The van der Waals surface area contributed by atoms with Gasteiger partial charge in [-0.15, -0.1) is 11.8 Å². The molecule has 0 aliphatic rings. The van der Waals surface area contributed by atoms with E-state index in [1.807, 2.05) is 376 Å². The van der Waals surface area contributed by atoms with E-state index in [0.29, 0.717) is 105 Å². The highest BCUT2D eigenvalue weighted by Gasteiger charge is 2.19. The number of para-hydroxylation sites is 13. The second kappa shape index (κ2) is 52.2. The zero-order valence-electron chi connectivity index (χ0n) is 78.6. The molecule has 0 amide bonds. The fraction of sp³-hybridized carbons (Fsp3) is 0.0455. The third-order valence-corrected chi connectivity index (χ3v) is 21.2. The van der Waals surface area contributed by atoms with E-state index in [4.69, 9.17) is 16.3 Å². The number of thioether (sulfide) groups is 1. The average molecular weight is 1950 g/mol. The van der Waals surface area contributed by atoms with Crippen LogP contribution in [0.15, 0.2) is 430 Å². The summed E-state index contributed by atoms with van der Waals surface area (Å²) in [6.45, 7) is 4.18. The van der Waals surface area contributed by atoms with Gasteiger partial charge in [0.25, 0.3) is 0 Å². The maximum Gasteiger partial charge on any atom is 0.340 e. The number of benzene rings is 14. The molecule has 145 heavy (non-hydrogen) atoms. The lowest BCUT2D eigenvalue weighted by molar-refractivity contribution is 0.0527. The lowest BCUT2D eigenvalue weighted by Gasteiger charge is -2.13. The van der Waals surface area contributed by atoms with Gasteiger partial charge in [0, 0.05) is 91.2 Å². The van der Waals surface area contributed by atoms with Crippen molar-refractivity contribution >= 4 is 204 Å². The minimum Gasteiger partial charge on any atom is -0.462 e. The number of pyridine rings is 1. The summed E-state index contributed by atoms with van der Waals surface area (Å²) in [5.41, 5.74) is 14.4. The highest BCUT2D eigenvalue weighted by molar-refractivity contribution is 7.98. The normalized spacial score (nSPS) is 10.3. The number of rotatable bonds is 34. The number of nitrogens with one attached hydrogen (secondary N) is 15. The van der Waals surface area contributed by atoms with Crippen LogP contribution in [0.5, 0.6) is 0 Å². The van der Waals surface area contributed by atoms with Crippen molar-refractivity contribution in [2.45, 2.75) is 25.2 Å². The van der Waals surface area contributed by atoms with Crippen molar-refractivity contribution in [3.63, 3.8) is 0 Å². The molecule has 0 aliphatic heterocycles. The van der Waals surface area contributed by atoms with Gasteiger partial charge in [0.05, 0.1) is 28.6 Å². The molecule has 0 atom stereocenters. The summed E-state index contributed by atoms with van der Waals surface area (Å²) >= 11 is 7.93. The number of hydrogen-bond acceptors (Lipinski definition) is 34. The third-order valence-electron chi connectivity index (χ3n) is 20.2. The van der Waals surface area contributed by atoms with Crippen molar-refractivity contribution in [1.82, 2.24) is 79.7 Å². The predicted octanol–water partition coefficient (Wildman–Crippen LogP) is 27.0. The molecule has 0 saturated heterocycles. The Balaban J connectivity index is 0.000000130. The number of esters is 1. The quantitative estimate of drug-likeness (QED) is 0.0132. The first-order chi connectivity index (χ1) is 71.4. The molecule has 0 radical (unpaired) electrons. The number of ether oxygens (including phenoxy) is 1. The van der Waals surface area contributed by atoms with E-state index in [1.165, 1.54) is 5.56 Å². The van der Waals surface area contributed by atoms with Crippen LogP contribution in [-0.4, -0.2) is 98.6 Å². The summed E-state index contributed by atoms with van der Waals surface area (Å²) < 4.78 is 5.15. The molecule has 35 heteroatoms. The number of anilines is 30. The Kier molecular flexibility index (Phi) is 35.5. The lowest BCUT2D eigenvalue weighted by Crippen LogP contribution is -2.10. The van der Waals surface area contributed by atoms with Crippen LogP contribution in [-0.2, 0) is 11.2 Å². The van der Waals surface area contributed by atoms with Crippen molar-refractivity contribution in [1.29, 1.82) is 0 Å². The molecule has 718 valence electrons. The largest absolute Gasteiger partial charge is 0.462 e. The molecule has 33 nitrogen and oxygen atoms in total. The number of aryl methyl sites for hydroxylation is 1. The van der Waals surface area contributed by atoms with Gasteiger partial charge in [-0.1, -0.05) is 249 Å². The zero-order valence-corrected chi connectivity index (χ0v) is 80.2. The van der Waals surface area contributed by atoms with E-state index in [9.17, 15) is 4.79 Å². The maximum atomic E-state index is 12.3. The van der Waals surface area contributed by atoms with Gasteiger partial charge in [-0.2, -0.15) is 74.8 Å². The van der Waals surface area contributed by atoms with Gasteiger partial charge in [-0.25, -0.2) is 4.79 Å². The number of halogens is 1. The van der Waals surface area contributed by atoms with Crippen LogP contribution < -0.4 is 79.8 Å². The minimum absolute atomic E-state index is 0.272. The Hall–Kier alpha value is -19.6. The van der Waals surface area contributed by atoms with Crippen LogP contribution in [0.25, 0.3) is 0 Å². The van der Waals surface area contributed by atoms with Crippen molar-refractivity contribution in [3.8, 4) is 0 Å². The fourth-order valence-corrected chi connectivity index (χ4v) is 14.1. The third kappa shape index (κ3) is 31.7. The average Bonchev–Trinajstić information content (AvgIpc) is 0.799. The number of hydrogen-bond donors (Lipinski definition) is 15. The predicted molar refractivity (Wildman–Crippen MR) is 585 cm³/mol. The number of carbonyl (C=O) groups excluding carboxylic acids is 1. The molecule has 6 heterocycles. The van der Waals surface area contributed by atoms with Gasteiger partial charge in [-0.3, -0.25) is 4.98 Å². The van der Waals surface area contributed by atoms with Crippen molar-refractivity contribution in [3.05, 3.63) is 441 Å². The topological polar surface area (TPSA) is 413 Å². The van der Waals surface area contributed by atoms with Gasteiger partial charge in [-0.05, 0) is 207 Å². The molecule has 20 rings (SSSR count). The van der Waals surface area contributed by atoms with Gasteiger partial charge in [0.2, 0.25) is 89.2 Å². The summed E-state index contributed by atoms with van der Waals surface area (Å²) in [6.07, 6.45) is 6.37. The smallest absolute Gasteiger partial charge is 0.340 e. The van der Waals surface area contributed by atoms with Gasteiger partial charge in [0.1, 0.15) is 0 Å². The Morgan fingerprint density at radius 3 is 0.717 bits per heavy atom. The van der Waals surface area contributed by atoms with Gasteiger partial charge in [0.15, 0.2) is 0 Å². The van der Waals surface area contributed by atoms with Crippen molar-refractivity contribution < 1.29 is 9.53 Å². The minimum atomic E-state index is -0.421. The second-order valence-electron chi connectivity index (χ2n) is 30.8. The SMILES string of the molecule is CCOC(=O)c1ccccc1Nc1nc(Nc2ccccc2)nc(Nc2ccccc2)n1.CCc1ccccc1Nc1nc(Nc2ccccc2)nc(Nc2ccccc2)n1.CSc1cccc(Nc2nc(Nc3ccccc3)nc(Nc3ccccc3)n2)c1.Clc1ccccc1Nc1nc(Nc2ccccc2)nc(Nc2ccccc2)n1.c1ccc(Nc2nc(Nc3ccccc3)nc(Nc3ccncc3)n2)cc1. The molecule has 0 spiro atoms. The second-order valence-corrected chi connectivity index (χ2v) is 32.1. The van der Waals surface area contributed by atoms with Crippen LogP contribution in [0.1, 0.15) is 29.8 Å². The number of carbonyl (C=O) groups is 1. The summed E-state index contributed by atoms with van der Waals surface area (Å²) in [4.78, 5) is 84.9. The monoisotopic (exact) mass is 1950 g/mol. The highest BCUT2D eigenvalue weighted by atomic mass is 35.5. The van der Waals surface area contributed by atoms with E-state index in [1.54, 1.807) is 55.3 Å². The van der Waals surface area contributed by atoms with Gasteiger partial charge < -0.3 is 84.5 Å². The standard InChI is InChI=1S/C24H22N6O2.C23H22N6.C22H20N6S.C21H17ClN6.C20H17N7/c1-2-32-21(31)19-15-9-10-16-20(19)27-24-29-22(25-17-11-5-3-6-12-17)28-23(30-24)26-18-13-7-4-8-14-18;1-2-17-11-9-10-16-20(17)26-23-28-21(24-18-12-5-3-6-13-18)27-22(29-23)25-19-14-7-4-8-15-19;1-29-19-14-8-13-18(15-19)25-22-27-20(23-16-9-4-2-5-10-16)26-21(28-22)24-17-11-6-3-7-12-17;22-17-13-7-8-14-18(17)25-21-27-19(23-15-9-3-1-4-10-15)26-20(28-21)24-16-11-5-2-6-12-16;1-3-7-15(8-4-1)22-18-25-19(23-16-9-5-2-6-10-16)27-20(26-18)24-17-11-13-21-14-12-17/h3-16H,2H2,1H3,(H3,25,26,27,28,29,30);3-16H,2H2,1H3,(H3,24,25,26,27,28,29);2-15H,1H3,(H3,23,24,25,26,27,28);1-14H,(H3,23,24,25,26,27,28);1-14H,(H3,21,22,23,24,25,26,27). The summed E-state index contributed by atoms with van der Waals surface area (Å²) in [5.74, 6) is 5.79. The van der Waals surface area contributed by atoms with Crippen LogP contribution in [0.3, 0.4) is 0 Å². The molecular weight excluding hydrogens is 1850 g/mol. The molecule has 0 saturated carbocycles. The van der Waals surface area contributed by atoms with E-state index in [0.717, 1.165) is 85.3 Å². The van der Waals surface area contributed by atoms with E-state index in [2.05, 4.69) is 185 Å². The Morgan fingerprint density at radius 1 is 0.234 bits per heavy atom. The molecule has 6 aromatic heterocycles. The number of aromatic nitrogens is 16. The highest BCUT2D eigenvalue weighted by Crippen LogP contribution is 2.32. The molecule has 0 aliphatic carbocycles. The first-order valence-electron chi connectivity index (χ1n) is 45.9. The molecule has 20 aromatic rings. The first kappa shape index (κ1) is 98.4. The van der Waals surface area contributed by atoms with E-state index < -0.39 is 5.97 Å². The van der Waals surface area contributed by atoms with Crippen LogP contribution in [0, 0.1) is 0 Å². The summed E-state index contributed by atoms with van der Waals surface area (Å²) in [7, 11) is 0. The van der Waals surface area contributed by atoms with E-state index in [-0.39, 0.29) is 12.6 Å². The van der Waals surface area contributed by atoms with Crippen LogP contribution in [0.2, 0.25) is 5.02 Å². The molecular formula is C110H98ClN31O2S. The number of nitrogens with zero attached hydrogens (tertiary/aromatic N) is 16. The summed E-state index contributed by atoms with van der Waals surface area (Å²) in [5, 5.41) is 48.7. The van der Waals surface area contributed by atoms with E-state index >= 15 is 0 Å². The van der Waals surface area contributed by atoms with Crippen molar-refractivity contribution in [2.24, 2.45) is 0 Å². The lowest BCUT2D eigenvalue weighted by atomic mass is 10.1. The fourth-order valence-electron chi connectivity index (χ4n) is 13.5. The molecule has 15 N–H and O–H groups in total. The molecule has 0 fully saturated rings. The van der Waals surface area contributed by atoms with Gasteiger partial charge >= 0.3 is 5.97 Å². The first-order valence-corrected chi connectivity index (χ1v) is 47.5. The molecule has 0 bridgehead atoms. The Labute approximate surface area is 846 Å². The van der Waals surface area contributed by atoms with Crippen LogP contribution >= 0.6 is 23.4 Å². The van der Waals surface area contributed by atoms with Crippen LogP contribution in [0.4, 0.5) is 175 Å².